The van der Waals surface area contributed by atoms with Gasteiger partial charge in [-0.25, -0.2) is 0 Å². The topological polar surface area (TPSA) is 69.6 Å². The normalized spacial score (nSPS) is 20.9. The van der Waals surface area contributed by atoms with E-state index < -0.39 is 11.5 Å². The molecule has 4 nitrogen and oxygen atoms in total. The van der Waals surface area contributed by atoms with E-state index in [0.717, 1.165) is 25.0 Å². The Morgan fingerprint density at radius 2 is 2.24 bits per heavy atom. The van der Waals surface area contributed by atoms with Gasteiger partial charge in [-0.3, -0.25) is 10.1 Å². The van der Waals surface area contributed by atoms with Crippen LogP contribution in [0.15, 0.2) is 0 Å². The molecule has 1 aliphatic carbocycles. The summed E-state index contributed by atoms with van der Waals surface area (Å²) in [6.07, 6.45) is 3.69. The van der Waals surface area contributed by atoms with Gasteiger partial charge in [-0.1, -0.05) is 6.92 Å². The maximum atomic E-state index is 11.3. The third-order valence-electron chi connectivity index (χ3n) is 3.05. The molecule has 0 aromatic carbocycles. The van der Waals surface area contributed by atoms with E-state index in [-0.39, 0.29) is 11.9 Å². The fraction of sp³-hybridized carbons (Fsp3) is 0.917. The molecule has 0 aliphatic heterocycles. The van der Waals surface area contributed by atoms with E-state index in [4.69, 9.17) is 5.11 Å². The van der Waals surface area contributed by atoms with E-state index in [1.165, 1.54) is 0 Å². The van der Waals surface area contributed by atoms with Crippen molar-refractivity contribution in [1.29, 1.82) is 0 Å². The summed E-state index contributed by atoms with van der Waals surface area (Å²) in [6.45, 7) is 3.93. The molecule has 1 rings (SSSR count). The average Bonchev–Trinajstić information content (AvgIpc) is 3.07. The van der Waals surface area contributed by atoms with Gasteiger partial charge in [0.25, 0.3) is 0 Å². The summed E-state index contributed by atoms with van der Waals surface area (Å²) in [4.78, 5) is 11.3. The van der Waals surface area contributed by atoms with Gasteiger partial charge in [-0.15, -0.1) is 0 Å². The van der Waals surface area contributed by atoms with Crippen LogP contribution in [0.2, 0.25) is 0 Å². The standard InChI is InChI=1S/C12H23NO3S/c1-9(8-14)17-7-3-6-12(2,11(15)16)13-10-4-5-10/h9-10,13-14H,3-8H2,1-2H3,(H,15,16). The van der Waals surface area contributed by atoms with Crippen molar-refractivity contribution in [3.05, 3.63) is 0 Å². The Morgan fingerprint density at radius 1 is 1.59 bits per heavy atom. The largest absolute Gasteiger partial charge is 0.480 e. The summed E-state index contributed by atoms with van der Waals surface area (Å²) in [7, 11) is 0. The molecular weight excluding hydrogens is 238 g/mol. The van der Waals surface area contributed by atoms with Crippen molar-refractivity contribution in [3.8, 4) is 0 Å². The van der Waals surface area contributed by atoms with Gasteiger partial charge in [0.1, 0.15) is 5.54 Å². The molecule has 1 saturated carbocycles. The van der Waals surface area contributed by atoms with Crippen molar-refractivity contribution in [2.45, 2.75) is 56.4 Å². The molecule has 0 radical (unpaired) electrons. The second kappa shape index (κ2) is 6.61. The molecular formula is C12H23NO3S. The van der Waals surface area contributed by atoms with Crippen LogP contribution in [0.1, 0.15) is 39.5 Å². The van der Waals surface area contributed by atoms with Crippen molar-refractivity contribution in [2.75, 3.05) is 12.4 Å². The molecule has 1 aliphatic rings. The average molecular weight is 261 g/mol. The highest BCUT2D eigenvalue weighted by Gasteiger charge is 2.37. The van der Waals surface area contributed by atoms with Gasteiger partial charge < -0.3 is 10.2 Å². The van der Waals surface area contributed by atoms with E-state index in [9.17, 15) is 9.90 Å². The van der Waals surface area contributed by atoms with Gasteiger partial charge in [0.15, 0.2) is 0 Å². The minimum atomic E-state index is -0.788. The molecule has 0 spiro atoms. The predicted molar refractivity (Wildman–Crippen MR) is 70.4 cm³/mol. The number of aliphatic carboxylic acids is 1. The van der Waals surface area contributed by atoms with Gasteiger partial charge in [0.05, 0.1) is 6.61 Å². The van der Waals surface area contributed by atoms with E-state index in [1.807, 2.05) is 6.92 Å². The Balaban J connectivity index is 2.26. The Bertz CT molecular complexity index is 258. The zero-order valence-electron chi connectivity index (χ0n) is 10.6. The third kappa shape index (κ3) is 5.27. The number of nitrogens with one attached hydrogen (secondary N) is 1. The zero-order valence-corrected chi connectivity index (χ0v) is 11.4. The first-order valence-corrected chi connectivity index (χ1v) is 7.26. The minimum absolute atomic E-state index is 0.182. The molecule has 100 valence electrons. The number of rotatable bonds is 9. The number of carboxylic acid groups (broad SMARTS) is 1. The first-order valence-electron chi connectivity index (χ1n) is 6.21. The van der Waals surface area contributed by atoms with Crippen molar-refractivity contribution >= 4 is 17.7 Å². The number of carbonyl (C=O) groups is 1. The molecule has 0 aromatic rings. The number of aliphatic hydroxyl groups excluding tert-OH is 1. The van der Waals surface area contributed by atoms with E-state index in [0.29, 0.717) is 12.5 Å². The molecule has 2 unspecified atom stereocenters. The Hall–Kier alpha value is -0.260. The molecule has 0 amide bonds. The van der Waals surface area contributed by atoms with Gasteiger partial charge >= 0.3 is 5.97 Å². The van der Waals surface area contributed by atoms with Crippen LogP contribution in [0.5, 0.6) is 0 Å². The highest BCUT2D eigenvalue weighted by Crippen LogP contribution is 2.25. The maximum Gasteiger partial charge on any atom is 0.323 e. The molecule has 0 bridgehead atoms. The highest BCUT2D eigenvalue weighted by atomic mass is 32.2. The molecule has 5 heteroatoms. The first kappa shape index (κ1) is 14.8. The Labute approximate surface area is 107 Å². The lowest BCUT2D eigenvalue weighted by Gasteiger charge is -2.26. The van der Waals surface area contributed by atoms with Crippen LogP contribution < -0.4 is 5.32 Å². The zero-order chi connectivity index (χ0) is 12.9. The van der Waals surface area contributed by atoms with Gasteiger partial charge in [0.2, 0.25) is 0 Å². The Kier molecular flexibility index (Phi) is 5.76. The van der Waals surface area contributed by atoms with Crippen LogP contribution in [-0.2, 0) is 4.79 Å². The lowest BCUT2D eigenvalue weighted by molar-refractivity contribution is -0.144. The molecule has 0 aromatic heterocycles. The summed E-state index contributed by atoms with van der Waals surface area (Å²) in [5.41, 5.74) is -0.788. The third-order valence-corrected chi connectivity index (χ3v) is 4.30. The van der Waals surface area contributed by atoms with Gasteiger partial charge in [-0.05, 0) is 38.4 Å². The summed E-state index contributed by atoms with van der Waals surface area (Å²) in [5, 5.41) is 21.6. The van der Waals surface area contributed by atoms with E-state index in [1.54, 1.807) is 18.7 Å². The number of thioether (sulfide) groups is 1. The van der Waals surface area contributed by atoms with E-state index >= 15 is 0 Å². The van der Waals surface area contributed by atoms with Crippen molar-refractivity contribution in [3.63, 3.8) is 0 Å². The second-order valence-electron chi connectivity index (χ2n) is 5.02. The minimum Gasteiger partial charge on any atom is -0.480 e. The smallest absolute Gasteiger partial charge is 0.323 e. The fourth-order valence-corrected chi connectivity index (χ4v) is 2.50. The number of carboxylic acids is 1. The molecule has 0 heterocycles. The van der Waals surface area contributed by atoms with Crippen LogP contribution in [0.3, 0.4) is 0 Å². The highest BCUT2D eigenvalue weighted by molar-refractivity contribution is 7.99. The predicted octanol–water partition coefficient (Wildman–Crippen LogP) is 1.48. The summed E-state index contributed by atoms with van der Waals surface area (Å²) in [5.74, 6) is 0.140. The first-order chi connectivity index (χ1) is 7.98. The van der Waals surface area contributed by atoms with Gasteiger partial charge in [0, 0.05) is 11.3 Å². The molecule has 17 heavy (non-hydrogen) atoms. The lowest BCUT2D eigenvalue weighted by atomic mass is 9.96. The summed E-state index contributed by atoms with van der Waals surface area (Å²) < 4.78 is 0. The van der Waals surface area contributed by atoms with Crippen LogP contribution >= 0.6 is 11.8 Å². The van der Waals surface area contributed by atoms with Crippen LogP contribution in [0.4, 0.5) is 0 Å². The van der Waals surface area contributed by atoms with E-state index in [2.05, 4.69) is 5.32 Å². The fourth-order valence-electron chi connectivity index (χ4n) is 1.68. The summed E-state index contributed by atoms with van der Waals surface area (Å²) in [6, 6.07) is 0.403. The Morgan fingerprint density at radius 3 is 2.71 bits per heavy atom. The van der Waals surface area contributed by atoms with Crippen LogP contribution in [0, 0.1) is 0 Å². The van der Waals surface area contributed by atoms with Crippen molar-refractivity contribution in [1.82, 2.24) is 5.32 Å². The van der Waals surface area contributed by atoms with Crippen molar-refractivity contribution < 1.29 is 15.0 Å². The SMILES string of the molecule is CC(CO)SCCCC(C)(NC1CC1)C(=O)O. The van der Waals surface area contributed by atoms with Crippen LogP contribution in [0.25, 0.3) is 0 Å². The molecule has 1 fully saturated rings. The lowest BCUT2D eigenvalue weighted by Crippen LogP contribution is -2.50. The number of hydrogen-bond acceptors (Lipinski definition) is 4. The molecule has 0 saturated heterocycles. The second-order valence-corrected chi connectivity index (χ2v) is 6.57. The van der Waals surface area contributed by atoms with Crippen LogP contribution in [-0.4, -0.2) is 45.4 Å². The molecule has 2 atom stereocenters. The quantitative estimate of drug-likeness (QED) is 0.548. The monoisotopic (exact) mass is 261 g/mol. The number of aliphatic hydroxyl groups is 1. The summed E-state index contributed by atoms with van der Waals surface area (Å²) >= 11 is 1.69. The van der Waals surface area contributed by atoms with Crippen molar-refractivity contribution in [2.24, 2.45) is 0 Å². The maximum absolute atomic E-state index is 11.3. The number of hydrogen-bond donors (Lipinski definition) is 3. The van der Waals surface area contributed by atoms with Gasteiger partial charge in [-0.2, -0.15) is 11.8 Å². The molecule has 3 N–H and O–H groups in total.